The molecule has 0 aliphatic heterocycles. The zero-order chi connectivity index (χ0) is 17.5. The molecule has 0 saturated heterocycles. The van der Waals surface area contributed by atoms with E-state index in [0.717, 1.165) is 35.5 Å². The highest BCUT2D eigenvalue weighted by atomic mass is 35.5. The topological polar surface area (TPSA) is 56.9 Å². The summed E-state index contributed by atoms with van der Waals surface area (Å²) >= 11 is 5.96. The van der Waals surface area contributed by atoms with Gasteiger partial charge in [-0.1, -0.05) is 41.9 Å². The second-order valence-electron chi connectivity index (χ2n) is 6.05. The van der Waals surface area contributed by atoms with Gasteiger partial charge in [0.2, 0.25) is 0 Å². The van der Waals surface area contributed by atoms with Gasteiger partial charge < -0.3 is 15.6 Å². The van der Waals surface area contributed by atoms with Crippen molar-refractivity contribution < 1.29 is 4.79 Å². The van der Waals surface area contributed by atoms with Crippen molar-refractivity contribution in [2.45, 2.75) is 19.3 Å². The minimum absolute atomic E-state index is 0.123. The van der Waals surface area contributed by atoms with Crippen LogP contribution >= 0.6 is 11.6 Å². The number of nitrogens with one attached hydrogen (secondary N) is 3. The Morgan fingerprint density at radius 1 is 0.960 bits per heavy atom. The molecule has 25 heavy (non-hydrogen) atoms. The lowest BCUT2D eigenvalue weighted by atomic mass is 10.1. The summed E-state index contributed by atoms with van der Waals surface area (Å²) in [7, 11) is 0. The first-order valence-electron chi connectivity index (χ1n) is 8.53. The Kier molecular flexibility index (Phi) is 5.96. The Morgan fingerprint density at radius 3 is 2.64 bits per heavy atom. The Balaban J connectivity index is 1.32. The molecule has 0 aliphatic rings. The van der Waals surface area contributed by atoms with E-state index in [2.05, 4.69) is 33.8 Å². The van der Waals surface area contributed by atoms with Crippen molar-refractivity contribution >= 4 is 28.5 Å². The van der Waals surface area contributed by atoms with E-state index in [1.54, 1.807) is 0 Å². The van der Waals surface area contributed by atoms with Gasteiger partial charge in [0, 0.05) is 35.7 Å². The molecule has 1 aromatic heterocycles. The summed E-state index contributed by atoms with van der Waals surface area (Å²) in [6, 6.07) is 18.0. The van der Waals surface area contributed by atoms with Crippen LogP contribution in [0.3, 0.4) is 0 Å². The molecule has 4 nitrogen and oxygen atoms in total. The number of hydrogen-bond acceptors (Lipinski definition) is 1. The summed E-state index contributed by atoms with van der Waals surface area (Å²) < 4.78 is 0. The number of carbonyl (C=O) groups is 1. The van der Waals surface area contributed by atoms with Crippen molar-refractivity contribution in [2.75, 3.05) is 13.1 Å². The molecule has 1 heterocycles. The molecule has 0 aliphatic carbocycles. The second-order valence-corrected chi connectivity index (χ2v) is 6.48. The van der Waals surface area contributed by atoms with Crippen molar-refractivity contribution in [1.82, 2.24) is 15.6 Å². The maximum Gasteiger partial charge on any atom is 0.314 e. The molecule has 0 saturated carbocycles. The van der Waals surface area contributed by atoms with Crippen molar-refractivity contribution in [3.63, 3.8) is 0 Å². The SMILES string of the molecule is O=C(NCCCc1cccc(Cl)c1)NCCc1cc2ccccc2[nH]1. The molecule has 0 fully saturated rings. The molecular weight excluding hydrogens is 334 g/mol. The van der Waals surface area contributed by atoms with Crippen LogP contribution in [0.4, 0.5) is 4.79 Å². The van der Waals surface area contributed by atoms with Crippen LogP contribution in [0.5, 0.6) is 0 Å². The predicted molar refractivity (Wildman–Crippen MR) is 103 cm³/mol. The van der Waals surface area contributed by atoms with Crippen LogP contribution in [0.15, 0.2) is 54.6 Å². The monoisotopic (exact) mass is 355 g/mol. The largest absolute Gasteiger partial charge is 0.358 e. The van der Waals surface area contributed by atoms with E-state index in [1.165, 1.54) is 10.9 Å². The average molecular weight is 356 g/mol. The highest BCUT2D eigenvalue weighted by molar-refractivity contribution is 6.30. The van der Waals surface area contributed by atoms with Gasteiger partial charge >= 0.3 is 6.03 Å². The highest BCUT2D eigenvalue weighted by Crippen LogP contribution is 2.14. The molecule has 0 spiro atoms. The fraction of sp³-hybridized carbons (Fsp3) is 0.250. The number of fused-ring (bicyclic) bond motifs is 1. The highest BCUT2D eigenvalue weighted by Gasteiger charge is 2.02. The summed E-state index contributed by atoms with van der Waals surface area (Å²) in [5.74, 6) is 0. The van der Waals surface area contributed by atoms with Crippen molar-refractivity contribution in [2.24, 2.45) is 0 Å². The summed E-state index contributed by atoms with van der Waals surface area (Å²) in [5.41, 5.74) is 3.44. The first-order chi connectivity index (χ1) is 12.2. The third-order valence-corrected chi connectivity index (χ3v) is 4.32. The Hall–Kier alpha value is -2.46. The first kappa shape index (κ1) is 17.4. The third kappa shape index (κ3) is 5.26. The van der Waals surface area contributed by atoms with Crippen LogP contribution in [-0.2, 0) is 12.8 Å². The van der Waals surface area contributed by atoms with Crippen LogP contribution in [0.1, 0.15) is 17.7 Å². The minimum atomic E-state index is -0.123. The molecule has 3 rings (SSSR count). The number of halogens is 1. The Labute approximate surface area is 152 Å². The Morgan fingerprint density at radius 2 is 1.80 bits per heavy atom. The molecule has 0 atom stereocenters. The van der Waals surface area contributed by atoms with Gasteiger partial charge in [-0.25, -0.2) is 4.79 Å². The number of hydrogen-bond donors (Lipinski definition) is 3. The number of amides is 2. The van der Waals surface area contributed by atoms with Crippen LogP contribution < -0.4 is 10.6 Å². The Bertz CT molecular complexity index is 811. The zero-order valence-corrected chi connectivity index (χ0v) is 14.8. The van der Waals surface area contributed by atoms with Crippen LogP contribution in [0, 0.1) is 0 Å². The van der Waals surface area contributed by atoms with Gasteiger partial charge in [-0.3, -0.25) is 0 Å². The molecular formula is C20H22ClN3O. The number of benzene rings is 2. The standard InChI is InChI=1S/C20H22ClN3O/c21-17-8-3-5-15(13-17)6-4-11-22-20(25)23-12-10-18-14-16-7-1-2-9-19(16)24-18/h1-3,5,7-9,13-14,24H,4,6,10-12H2,(H2,22,23,25). The van der Waals surface area contributed by atoms with E-state index >= 15 is 0 Å². The number of rotatable bonds is 7. The molecule has 2 amide bonds. The van der Waals surface area contributed by atoms with Gasteiger partial charge in [-0.15, -0.1) is 0 Å². The normalized spacial score (nSPS) is 10.8. The fourth-order valence-corrected chi connectivity index (χ4v) is 3.04. The molecule has 0 bridgehead atoms. The number of aryl methyl sites for hydroxylation is 1. The van der Waals surface area contributed by atoms with Crippen LogP contribution in [-0.4, -0.2) is 24.1 Å². The van der Waals surface area contributed by atoms with Crippen LogP contribution in [0.25, 0.3) is 10.9 Å². The van der Waals surface area contributed by atoms with Crippen molar-refractivity contribution in [3.05, 3.63) is 70.9 Å². The molecule has 2 aromatic carbocycles. The van der Waals surface area contributed by atoms with E-state index in [0.29, 0.717) is 13.1 Å². The second kappa shape index (κ2) is 8.58. The van der Waals surface area contributed by atoms with E-state index in [-0.39, 0.29) is 6.03 Å². The number of aromatic amines is 1. The minimum Gasteiger partial charge on any atom is -0.358 e. The van der Waals surface area contributed by atoms with E-state index < -0.39 is 0 Å². The number of urea groups is 1. The average Bonchev–Trinajstić information content (AvgIpc) is 3.01. The molecule has 0 radical (unpaired) electrons. The quantitative estimate of drug-likeness (QED) is 0.544. The molecule has 3 N–H and O–H groups in total. The van der Waals surface area contributed by atoms with Crippen LogP contribution in [0.2, 0.25) is 5.02 Å². The van der Waals surface area contributed by atoms with E-state index in [4.69, 9.17) is 11.6 Å². The maximum atomic E-state index is 11.8. The lowest BCUT2D eigenvalue weighted by Gasteiger charge is -2.07. The van der Waals surface area contributed by atoms with Gasteiger partial charge in [0.15, 0.2) is 0 Å². The van der Waals surface area contributed by atoms with Crippen molar-refractivity contribution in [1.29, 1.82) is 0 Å². The fourth-order valence-electron chi connectivity index (χ4n) is 2.83. The molecule has 0 unspecified atom stereocenters. The van der Waals surface area contributed by atoms with Crippen molar-refractivity contribution in [3.8, 4) is 0 Å². The summed E-state index contributed by atoms with van der Waals surface area (Å²) in [5, 5.41) is 7.73. The molecule has 130 valence electrons. The van der Waals surface area contributed by atoms with E-state index in [1.807, 2.05) is 36.4 Å². The van der Waals surface area contributed by atoms with Gasteiger partial charge in [-0.05, 0) is 48.1 Å². The molecule has 3 aromatic rings. The summed E-state index contributed by atoms with van der Waals surface area (Å²) in [6.07, 6.45) is 2.57. The van der Waals surface area contributed by atoms with Gasteiger partial charge in [-0.2, -0.15) is 0 Å². The smallest absolute Gasteiger partial charge is 0.314 e. The lowest BCUT2D eigenvalue weighted by molar-refractivity contribution is 0.241. The first-order valence-corrected chi connectivity index (χ1v) is 8.91. The lowest BCUT2D eigenvalue weighted by Crippen LogP contribution is -2.37. The number of para-hydroxylation sites is 1. The summed E-state index contributed by atoms with van der Waals surface area (Å²) in [6.45, 7) is 1.25. The third-order valence-electron chi connectivity index (χ3n) is 4.08. The predicted octanol–water partition coefficient (Wildman–Crippen LogP) is 4.30. The number of aromatic nitrogens is 1. The number of carbonyl (C=O) groups excluding carboxylic acids is 1. The number of H-pyrrole nitrogens is 1. The van der Waals surface area contributed by atoms with Gasteiger partial charge in [0.1, 0.15) is 0 Å². The molecule has 5 heteroatoms. The maximum absolute atomic E-state index is 11.8. The zero-order valence-electron chi connectivity index (χ0n) is 14.0. The van der Waals surface area contributed by atoms with Gasteiger partial charge in [0.05, 0.1) is 0 Å². The van der Waals surface area contributed by atoms with E-state index in [9.17, 15) is 4.79 Å². The summed E-state index contributed by atoms with van der Waals surface area (Å²) in [4.78, 5) is 15.2. The van der Waals surface area contributed by atoms with Gasteiger partial charge in [0.25, 0.3) is 0 Å².